The van der Waals surface area contributed by atoms with E-state index in [0.717, 1.165) is 30.7 Å². The maximum atomic E-state index is 12.5. The molecular formula is C19H29NO5. The predicted molar refractivity (Wildman–Crippen MR) is 92.9 cm³/mol. The third-order valence-electron chi connectivity index (χ3n) is 5.57. The van der Waals surface area contributed by atoms with Gasteiger partial charge in [-0.05, 0) is 38.3 Å². The van der Waals surface area contributed by atoms with E-state index in [-0.39, 0.29) is 17.8 Å². The molecule has 6 nitrogen and oxygen atoms in total. The molecule has 6 heteroatoms. The van der Waals surface area contributed by atoms with E-state index in [9.17, 15) is 15.0 Å². The van der Waals surface area contributed by atoms with Crippen LogP contribution in [0, 0.1) is 11.8 Å². The Kier molecular flexibility index (Phi) is 5.94. The molecule has 25 heavy (non-hydrogen) atoms. The molecule has 1 aliphatic carbocycles. The van der Waals surface area contributed by atoms with E-state index in [4.69, 9.17) is 9.47 Å². The van der Waals surface area contributed by atoms with Crippen LogP contribution in [0.5, 0.6) is 0 Å². The third kappa shape index (κ3) is 4.31. The van der Waals surface area contributed by atoms with Gasteiger partial charge in [-0.15, -0.1) is 0 Å². The summed E-state index contributed by atoms with van der Waals surface area (Å²) >= 11 is 0. The first kappa shape index (κ1) is 18.6. The van der Waals surface area contributed by atoms with Crippen molar-refractivity contribution in [3.8, 4) is 0 Å². The van der Waals surface area contributed by atoms with Crippen molar-refractivity contribution in [1.29, 1.82) is 0 Å². The molecule has 0 radical (unpaired) electrons. The van der Waals surface area contributed by atoms with Gasteiger partial charge in [0.1, 0.15) is 6.10 Å². The van der Waals surface area contributed by atoms with E-state index in [2.05, 4.69) is 4.90 Å². The lowest BCUT2D eigenvalue weighted by Crippen LogP contribution is -2.43. The van der Waals surface area contributed by atoms with Crippen LogP contribution in [0.15, 0.2) is 23.3 Å². The number of carbonyl (C=O) groups excluding carboxylic acids is 1. The average molecular weight is 351 g/mol. The van der Waals surface area contributed by atoms with Crippen molar-refractivity contribution >= 4 is 5.97 Å². The summed E-state index contributed by atoms with van der Waals surface area (Å²) in [6, 6.07) is 0. The van der Waals surface area contributed by atoms with E-state index >= 15 is 0 Å². The van der Waals surface area contributed by atoms with E-state index < -0.39 is 18.3 Å². The first-order chi connectivity index (χ1) is 12.0. The lowest BCUT2D eigenvalue weighted by Gasteiger charge is -2.31. The molecule has 0 saturated carbocycles. The molecule has 0 aromatic heterocycles. The first-order valence-corrected chi connectivity index (χ1v) is 9.18. The SMILES string of the molecule is C/C1=C\C(O)C2C(CN3CCOCC3)C(=O)O[C@H]2/C=C(\C)[C@@H](O)CC1. The van der Waals surface area contributed by atoms with Crippen molar-refractivity contribution in [3.63, 3.8) is 0 Å². The fourth-order valence-electron chi connectivity index (χ4n) is 3.97. The number of nitrogens with zero attached hydrogens (tertiary/aromatic N) is 1. The second-order valence-electron chi connectivity index (χ2n) is 7.47. The zero-order chi connectivity index (χ0) is 18.0. The zero-order valence-electron chi connectivity index (χ0n) is 15.1. The van der Waals surface area contributed by atoms with E-state index in [0.29, 0.717) is 26.2 Å². The summed E-state index contributed by atoms with van der Waals surface area (Å²) in [5.74, 6) is -0.960. The van der Waals surface area contributed by atoms with Gasteiger partial charge in [-0.2, -0.15) is 0 Å². The summed E-state index contributed by atoms with van der Waals surface area (Å²) in [6.45, 7) is 7.31. The number of hydrogen-bond acceptors (Lipinski definition) is 6. The highest BCUT2D eigenvalue weighted by Crippen LogP contribution is 2.35. The van der Waals surface area contributed by atoms with Gasteiger partial charge in [-0.25, -0.2) is 0 Å². The first-order valence-electron chi connectivity index (χ1n) is 9.18. The number of ether oxygens (including phenoxy) is 2. The minimum Gasteiger partial charge on any atom is -0.457 e. The Labute approximate surface area is 149 Å². The molecule has 3 unspecified atom stereocenters. The standard InChI is InChI=1S/C19H29NO5/c1-12-3-4-15(21)13(2)10-17-18(16(22)9-12)14(19(23)25-17)11-20-5-7-24-8-6-20/h9-10,14-18,21-22H,3-8,11H2,1-2H3/b12-9+,13-10+/t14?,15-,16?,17-,18?/m0/s1. The number of allylic oxidation sites excluding steroid dienone is 1. The second kappa shape index (κ2) is 7.99. The number of hydrogen-bond donors (Lipinski definition) is 2. The van der Waals surface area contributed by atoms with Gasteiger partial charge >= 0.3 is 5.97 Å². The van der Waals surface area contributed by atoms with Gasteiger partial charge in [-0.1, -0.05) is 11.6 Å². The van der Waals surface area contributed by atoms with Crippen LogP contribution in [-0.2, 0) is 14.3 Å². The maximum absolute atomic E-state index is 12.5. The number of morpholine rings is 1. The Morgan fingerprint density at radius 1 is 1.20 bits per heavy atom. The molecule has 2 N–H and O–H groups in total. The van der Waals surface area contributed by atoms with Crippen LogP contribution in [0.4, 0.5) is 0 Å². The van der Waals surface area contributed by atoms with E-state index in [1.54, 1.807) is 0 Å². The predicted octanol–water partition coefficient (Wildman–Crippen LogP) is 0.885. The highest BCUT2D eigenvalue weighted by Gasteiger charge is 2.47. The van der Waals surface area contributed by atoms with Gasteiger partial charge in [0.25, 0.3) is 0 Å². The molecule has 0 aromatic carbocycles. The average Bonchev–Trinajstić information content (AvgIpc) is 2.88. The number of fused-ring (bicyclic) bond motifs is 1. The number of aliphatic hydroxyl groups is 2. The van der Waals surface area contributed by atoms with Crippen LogP contribution in [0.25, 0.3) is 0 Å². The molecule has 0 amide bonds. The van der Waals surface area contributed by atoms with E-state index in [1.165, 1.54) is 0 Å². The Hall–Kier alpha value is -1.21. The fraction of sp³-hybridized carbons (Fsp3) is 0.737. The molecule has 140 valence electrons. The zero-order valence-corrected chi connectivity index (χ0v) is 15.1. The molecular weight excluding hydrogens is 322 g/mol. The second-order valence-corrected chi connectivity index (χ2v) is 7.47. The Bertz CT molecular complexity index is 552. The lowest BCUT2D eigenvalue weighted by molar-refractivity contribution is -0.143. The van der Waals surface area contributed by atoms with Gasteiger partial charge in [0, 0.05) is 25.6 Å². The van der Waals surface area contributed by atoms with Gasteiger partial charge in [-0.3, -0.25) is 9.69 Å². The normalized spacial score (nSPS) is 41.9. The largest absolute Gasteiger partial charge is 0.457 e. The quantitative estimate of drug-likeness (QED) is 0.568. The van der Waals surface area contributed by atoms with Crippen molar-refractivity contribution in [2.45, 2.75) is 45.0 Å². The third-order valence-corrected chi connectivity index (χ3v) is 5.57. The van der Waals surface area contributed by atoms with E-state index in [1.807, 2.05) is 26.0 Å². The topological polar surface area (TPSA) is 79.2 Å². The smallest absolute Gasteiger partial charge is 0.311 e. The number of aliphatic hydroxyl groups excluding tert-OH is 2. The number of rotatable bonds is 2. The van der Waals surface area contributed by atoms with Crippen molar-refractivity contribution in [1.82, 2.24) is 4.90 Å². The van der Waals surface area contributed by atoms with Crippen LogP contribution in [0.1, 0.15) is 26.7 Å². The highest BCUT2D eigenvalue weighted by molar-refractivity contribution is 5.76. The Morgan fingerprint density at radius 3 is 2.64 bits per heavy atom. The van der Waals surface area contributed by atoms with Crippen molar-refractivity contribution < 1.29 is 24.5 Å². The van der Waals surface area contributed by atoms with Crippen LogP contribution in [0.2, 0.25) is 0 Å². The maximum Gasteiger partial charge on any atom is 0.311 e. The summed E-state index contributed by atoms with van der Waals surface area (Å²) in [4.78, 5) is 14.7. The minimum atomic E-state index is -0.734. The van der Waals surface area contributed by atoms with Crippen molar-refractivity contribution in [2.75, 3.05) is 32.8 Å². The molecule has 3 aliphatic rings. The number of carbonyl (C=O) groups is 1. The van der Waals surface area contributed by atoms with Gasteiger partial charge in [0.05, 0.1) is 31.3 Å². The minimum absolute atomic E-state index is 0.260. The molecule has 0 aromatic rings. The van der Waals surface area contributed by atoms with Crippen LogP contribution in [-0.4, -0.2) is 72.2 Å². The summed E-state index contributed by atoms with van der Waals surface area (Å²) in [6.07, 6.45) is 3.21. The Balaban J connectivity index is 1.85. The summed E-state index contributed by atoms with van der Waals surface area (Å²) in [7, 11) is 0. The van der Waals surface area contributed by atoms with Crippen molar-refractivity contribution in [2.24, 2.45) is 11.8 Å². The highest BCUT2D eigenvalue weighted by atomic mass is 16.6. The molecule has 2 aliphatic heterocycles. The summed E-state index contributed by atoms with van der Waals surface area (Å²) in [5, 5.41) is 21.1. The lowest BCUT2D eigenvalue weighted by atomic mass is 9.82. The molecule has 5 atom stereocenters. The molecule has 2 saturated heterocycles. The van der Waals surface area contributed by atoms with Gasteiger partial charge in [0.15, 0.2) is 0 Å². The Morgan fingerprint density at radius 2 is 1.92 bits per heavy atom. The molecule has 0 spiro atoms. The van der Waals surface area contributed by atoms with Crippen molar-refractivity contribution in [3.05, 3.63) is 23.3 Å². The monoisotopic (exact) mass is 351 g/mol. The molecule has 2 fully saturated rings. The summed E-state index contributed by atoms with van der Waals surface area (Å²) in [5.41, 5.74) is 1.83. The van der Waals surface area contributed by atoms with Crippen LogP contribution in [0.3, 0.4) is 0 Å². The molecule has 3 rings (SSSR count). The van der Waals surface area contributed by atoms with Crippen LogP contribution >= 0.6 is 0 Å². The molecule has 0 bridgehead atoms. The van der Waals surface area contributed by atoms with Gasteiger partial charge < -0.3 is 19.7 Å². The van der Waals surface area contributed by atoms with Gasteiger partial charge in [0.2, 0.25) is 0 Å². The summed E-state index contributed by atoms with van der Waals surface area (Å²) < 4.78 is 11.0. The van der Waals surface area contributed by atoms with Crippen LogP contribution < -0.4 is 0 Å². The molecule has 2 heterocycles. The number of esters is 1. The fourth-order valence-corrected chi connectivity index (χ4v) is 3.97.